The molecule has 0 spiro atoms. The molecule has 0 bridgehead atoms. The van der Waals surface area contributed by atoms with Crippen LogP contribution < -0.4 is 10.6 Å². The Hall–Kier alpha value is -2.57. The number of imidazole rings is 1. The van der Waals surface area contributed by atoms with Crippen molar-refractivity contribution >= 4 is 23.0 Å². The lowest BCUT2D eigenvalue weighted by Gasteiger charge is -2.26. The molecule has 28 heavy (non-hydrogen) atoms. The fraction of sp³-hybridized carbons (Fsp3) is 0.571. The molecule has 2 fully saturated rings. The number of aromatic nitrogens is 2. The Balaban J connectivity index is 1.33. The van der Waals surface area contributed by atoms with Gasteiger partial charge in [0.1, 0.15) is 5.82 Å². The fourth-order valence-corrected chi connectivity index (χ4v) is 4.20. The lowest BCUT2D eigenvalue weighted by Crippen LogP contribution is -2.43. The molecule has 2 aromatic rings. The molecule has 1 heterocycles. The number of benzene rings is 1. The maximum Gasteiger partial charge on any atom is 0.315 e. The average molecular weight is 384 g/mol. The Bertz CT molecular complexity index is 879. The minimum atomic E-state index is -0.728. The summed E-state index contributed by atoms with van der Waals surface area (Å²) in [6.45, 7) is 2.58. The molecule has 1 aromatic carbocycles. The molecule has 0 aliphatic heterocycles. The zero-order chi connectivity index (χ0) is 19.7. The van der Waals surface area contributed by atoms with E-state index in [4.69, 9.17) is 10.1 Å². The van der Waals surface area contributed by atoms with Crippen molar-refractivity contribution in [1.82, 2.24) is 20.2 Å². The van der Waals surface area contributed by atoms with Crippen LogP contribution >= 0.6 is 0 Å². The second-order valence-corrected chi connectivity index (χ2v) is 8.02. The third kappa shape index (κ3) is 3.98. The summed E-state index contributed by atoms with van der Waals surface area (Å²) in [4.78, 5) is 28.0. The van der Waals surface area contributed by atoms with Crippen LogP contribution in [0.5, 0.6) is 0 Å². The Morgan fingerprint density at radius 3 is 2.57 bits per heavy atom. The maximum atomic E-state index is 12.2. The number of hydrogen-bond donors (Lipinski definition) is 3. The van der Waals surface area contributed by atoms with E-state index >= 15 is 0 Å². The van der Waals surface area contributed by atoms with Gasteiger partial charge in [0.2, 0.25) is 0 Å². The van der Waals surface area contributed by atoms with E-state index in [9.17, 15) is 9.59 Å². The van der Waals surface area contributed by atoms with Crippen LogP contribution in [0.1, 0.15) is 62.9 Å². The van der Waals surface area contributed by atoms with Crippen LogP contribution in [0.25, 0.3) is 11.0 Å². The second-order valence-electron chi connectivity index (χ2n) is 8.02. The van der Waals surface area contributed by atoms with Crippen molar-refractivity contribution in [3.8, 4) is 0 Å². The first-order valence-electron chi connectivity index (χ1n) is 10.3. The second kappa shape index (κ2) is 7.81. The van der Waals surface area contributed by atoms with Crippen molar-refractivity contribution in [2.45, 2.75) is 70.5 Å². The molecule has 2 aliphatic rings. The van der Waals surface area contributed by atoms with Gasteiger partial charge in [-0.1, -0.05) is 13.0 Å². The highest BCUT2D eigenvalue weighted by Gasteiger charge is 2.28. The maximum absolute atomic E-state index is 12.2. The van der Waals surface area contributed by atoms with E-state index in [0.717, 1.165) is 36.2 Å². The van der Waals surface area contributed by atoms with Crippen LogP contribution in [0.15, 0.2) is 18.2 Å². The molecule has 150 valence electrons. The van der Waals surface area contributed by atoms with Crippen LogP contribution in [-0.4, -0.2) is 32.7 Å². The van der Waals surface area contributed by atoms with Crippen molar-refractivity contribution in [1.29, 1.82) is 0 Å². The lowest BCUT2D eigenvalue weighted by molar-refractivity contribution is -0.142. The summed E-state index contributed by atoms with van der Waals surface area (Å²) < 4.78 is 2.37. The highest BCUT2D eigenvalue weighted by Crippen LogP contribution is 2.38. The first-order chi connectivity index (χ1) is 13.5. The first kappa shape index (κ1) is 18.8. The van der Waals surface area contributed by atoms with Gasteiger partial charge in [-0.2, -0.15) is 0 Å². The largest absolute Gasteiger partial charge is 0.481 e. The van der Waals surface area contributed by atoms with Crippen molar-refractivity contribution < 1.29 is 14.7 Å². The summed E-state index contributed by atoms with van der Waals surface area (Å²) in [5.41, 5.74) is 3.21. The van der Waals surface area contributed by atoms with E-state index in [1.54, 1.807) is 0 Å². The number of carbonyl (C=O) groups excluding carboxylic acids is 1. The standard InChI is InChI=1S/C21H28N4O3/c1-2-19-24-17-11-13(3-10-18(17)25(19)16-8-9-16)12-22-21(28)23-15-6-4-14(5-7-15)20(26)27/h3,10-11,14-16H,2,4-9,12H2,1H3,(H,26,27)(H2,22,23,28). The van der Waals surface area contributed by atoms with Crippen LogP contribution in [0.3, 0.4) is 0 Å². The number of urea groups is 1. The van der Waals surface area contributed by atoms with E-state index in [1.165, 1.54) is 18.4 Å². The number of aryl methyl sites for hydroxylation is 1. The minimum Gasteiger partial charge on any atom is -0.481 e. The molecule has 1 aromatic heterocycles. The summed E-state index contributed by atoms with van der Waals surface area (Å²) in [6, 6.07) is 6.69. The molecule has 0 atom stereocenters. The Labute approximate surface area is 164 Å². The van der Waals surface area contributed by atoms with Gasteiger partial charge in [-0.3, -0.25) is 4.79 Å². The summed E-state index contributed by atoms with van der Waals surface area (Å²) >= 11 is 0. The van der Waals surface area contributed by atoms with Crippen LogP contribution in [0.2, 0.25) is 0 Å². The Kier molecular flexibility index (Phi) is 5.24. The van der Waals surface area contributed by atoms with E-state index < -0.39 is 5.97 Å². The molecular weight excluding hydrogens is 356 g/mol. The predicted molar refractivity (Wildman–Crippen MR) is 106 cm³/mol. The summed E-state index contributed by atoms with van der Waals surface area (Å²) in [7, 11) is 0. The zero-order valence-electron chi connectivity index (χ0n) is 16.3. The van der Waals surface area contributed by atoms with Crippen LogP contribution in [-0.2, 0) is 17.8 Å². The van der Waals surface area contributed by atoms with Crippen molar-refractivity contribution in [2.24, 2.45) is 5.92 Å². The zero-order valence-corrected chi connectivity index (χ0v) is 16.3. The van der Waals surface area contributed by atoms with Gasteiger partial charge in [0.25, 0.3) is 0 Å². The summed E-state index contributed by atoms with van der Waals surface area (Å²) in [5.74, 6) is 0.141. The SMILES string of the molecule is CCc1nc2cc(CNC(=O)NC3CCC(C(=O)O)CC3)ccc2n1C1CC1. The fourth-order valence-electron chi connectivity index (χ4n) is 4.20. The highest BCUT2D eigenvalue weighted by molar-refractivity contribution is 5.78. The third-order valence-corrected chi connectivity index (χ3v) is 5.92. The minimum absolute atomic E-state index is 0.0550. The average Bonchev–Trinajstić information content (AvgIpc) is 3.46. The van der Waals surface area contributed by atoms with E-state index in [2.05, 4.69) is 40.3 Å². The molecule has 3 N–H and O–H groups in total. The van der Waals surface area contributed by atoms with Crippen molar-refractivity contribution in [3.05, 3.63) is 29.6 Å². The monoisotopic (exact) mass is 384 g/mol. The molecular formula is C21H28N4O3. The van der Waals surface area contributed by atoms with Crippen LogP contribution in [0.4, 0.5) is 4.79 Å². The Morgan fingerprint density at radius 1 is 1.18 bits per heavy atom. The lowest BCUT2D eigenvalue weighted by atomic mass is 9.86. The quantitative estimate of drug-likeness (QED) is 0.711. The van der Waals surface area contributed by atoms with Crippen molar-refractivity contribution in [2.75, 3.05) is 0 Å². The smallest absolute Gasteiger partial charge is 0.315 e. The van der Waals surface area contributed by atoms with E-state index in [1.807, 2.05) is 0 Å². The van der Waals surface area contributed by atoms with Gasteiger partial charge in [-0.25, -0.2) is 9.78 Å². The summed E-state index contributed by atoms with van der Waals surface area (Å²) in [6.07, 6.45) is 6.07. The highest BCUT2D eigenvalue weighted by atomic mass is 16.4. The number of carboxylic acids is 1. The molecule has 2 aliphatic carbocycles. The van der Waals surface area contributed by atoms with Gasteiger partial charge < -0.3 is 20.3 Å². The number of fused-ring (bicyclic) bond motifs is 1. The van der Waals surface area contributed by atoms with Gasteiger partial charge in [-0.05, 0) is 56.2 Å². The number of aliphatic carboxylic acids is 1. The number of carbonyl (C=O) groups is 2. The Morgan fingerprint density at radius 2 is 1.93 bits per heavy atom. The first-order valence-corrected chi connectivity index (χ1v) is 10.3. The number of nitrogens with zero attached hydrogens (tertiary/aromatic N) is 2. The molecule has 7 nitrogen and oxygen atoms in total. The van der Waals surface area contributed by atoms with Gasteiger partial charge in [-0.15, -0.1) is 0 Å². The van der Waals surface area contributed by atoms with Crippen molar-refractivity contribution in [3.63, 3.8) is 0 Å². The third-order valence-electron chi connectivity index (χ3n) is 5.92. The molecule has 0 unspecified atom stereocenters. The molecule has 2 saturated carbocycles. The number of hydrogen-bond acceptors (Lipinski definition) is 3. The summed E-state index contributed by atoms with van der Waals surface area (Å²) in [5, 5.41) is 14.9. The van der Waals surface area contributed by atoms with E-state index in [-0.39, 0.29) is 18.0 Å². The van der Waals surface area contributed by atoms with Gasteiger partial charge in [0.05, 0.1) is 17.0 Å². The molecule has 0 saturated heterocycles. The topological polar surface area (TPSA) is 96.2 Å². The number of carboxylic acid groups (broad SMARTS) is 1. The van der Waals surface area contributed by atoms with Gasteiger partial charge in [0.15, 0.2) is 0 Å². The molecule has 0 radical (unpaired) electrons. The van der Waals surface area contributed by atoms with E-state index in [0.29, 0.717) is 25.4 Å². The molecule has 7 heteroatoms. The predicted octanol–water partition coefficient (Wildman–Crippen LogP) is 3.38. The number of rotatable bonds is 6. The number of amides is 2. The molecule has 4 rings (SSSR count). The van der Waals surface area contributed by atoms with Gasteiger partial charge >= 0.3 is 12.0 Å². The molecule has 2 amide bonds. The normalized spacial score (nSPS) is 22.2. The van der Waals surface area contributed by atoms with Gasteiger partial charge in [0, 0.05) is 25.0 Å². The van der Waals surface area contributed by atoms with Crippen LogP contribution in [0, 0.1) is 5.92 Å². The number of nitrogens with one attached hydrogen (secondary N) is 2.